The highest BCUT2D eigenvalue weighted by molar-refractivity contribution is 9.10. The number of methoxy groups -OCH3 is 2. The number of hydrogen-bond donors (Lipinski definition) is 0. The summed E-state index contributed by atoms with van der Waals surface area (Å²) in [5.74, 6) is 0.813. The normalized spacial score (nSPS) is 11.2. The van der Waals surface area contributed by atoms with E-state index >= 15 is 0 Å². The summed E-state index contributed by atoms with van der Waals surface area (Å²) in [5, 5.41) is 3.36. The van der Waals surface area contributed by atoms with Crippen LogP contribution in [0.5, 0.6) is 0 Å². The molecule has 138 valence electrons. The minimum Gasteiger partial charge on any atom is -0.383 e. The van der Waals surface area contributed by atoms with Crippen molar-refractivity contribution in [2.24, 2.45) is 0 Å². The van der Waals surface area contributed by atoms with Crippen molar-refractivity contribution in [3.63, 3.8) is 0 Å². The monoisotopic (exact) mass is 455 g/mol. The molecule has 0 aliphatic rings. The first-order valence-corrected chi connectivity index (χ1v) is 10.1. The summed E-state index contributed by atoms with van der Waals surface area (Å²) in [7, 11) is 3.38. The van der Waals surface area contributed by atoms with Crippen LogP contribution >= 0.6 is 38.9 Å². The van der Waals surface area contributed by atoms with Gasteiger partial charge in [-0.25, -0.2) is 4.98 Å². The third kappa shape index (κ3) is 4.35. The molecular formula is C18H19BrClN3O2S. The second kappa shape index (κ2) is 9.10. The molecule has 0 fully saturated rings. The largest absolute Gasteiger partial charge is 0.383 e. The number of thiophene rings is 1. The molecule has 0 aliphatic heterocycles. The third-order valence-electron chi connectivity index (χ3n) is 3.97. The van der Waals surface area contributed by atoms with Gasteiger partial charge in [0.2, 0.25) is 5.28 Å². The van der Waals surface area contributed by atoms with Crippen LogP contribution < -0.4 is 4.90 Å². The van der Waals surface area contributed by atoms with Crippen molar-refractivity contribution < 1.29 is 9.47 Å². The summed E-state index contributed by atoms with van der Waals surface area (Å²) in [6.45, 7) is 2.56. The second-order valence-corrected chi connectivity index (χ2v) is 7.74. The maximum atomic E-state index is 6.20. The molecule has 2 heterocycles. The van der Waals surface area contributed by atoms with Crippen LogP contribution in [0, 0.1) is 0 Å². The van der Waals surface area contributed by atoms with Gasteiger partial charge < -0.3 is 14.4 Å². The van der Waals surface area contributed by atoms with Crippen molar-refractivity contribution >= 4 is 54.9 Å². The van der Waals surface area contributed by atoms with E-state index in [1.807, 2.05) is 12.1 Å². The maximum absolute atomic E-state index is 6.20. The van der Waals surface area contributed by atoms with Crippen LogP contribution in [0.1, 0.15) is 0 Å². The number of halogens is 2. The predicted molar refractivity (Wildman–Crippen MR) is 112 cm³/mol. The van der Waals surface area contributed by atoms with Crippen molar-refractivity contribution in [1.82, 2.24) is 9.97 Å². The minimum atomic E-state index is 0.247. The van der Waals surface area contributed by atoms with Crippen molar-refractivity contribution in [2.45, 2.75) is 0 Å². The Hall–Kier alpha value is -1.25. The molecule has 0 saturated heterocycles. The van der Waals surface area contributed by atoms with Crippen LogP contribution in [0.4, 0.5) is 5.82 Å². The molecule has 3 aromatic rings. The fourth-order valence-electron chi connectivity index (χ4n) is 2.70. The smallest absolute Gasteiger partial charge is 0.225 e. The van der Waals surface area contributed by atoms with E-state index in [0.717, 1.165) is 31.6 Å². The molecule has 0 saturated carbocycles. The van der Waals surface area contributed by atoms with Crippen LogP contribution in [0.15, 0.2) is 34.1 Å². The first-order valence-electron chi connectivity index (χ1n) is 8.07. The highest BCUT2D eigenvalue weighted by Crippen LogP contribution is 2.39. The predicted octanol–water partition coefficient (Wildman–Crippen LogP) is 4.87. The van der Waals surface area contributed by atoms with Crippen molar-refractivity contribution in [1.29, 1.82) is 0 Å². The highest BCUT2D eigenvalue weighted by Gasteiger charge is 2.19. The van der Waals surface area contributed by atoms with E-state index in [1.165, 1.54) is 0 Å². The van der Waals surface area contributed by atoms with E-state index in [-0.39, 0.29) is 5.28 Å². The summed E-state index contributed by atoms with van der Waals surface area (Å²) < 4.78 is 11.6. The average Bonchev–Trinajstić information content (AvgIpc) is 3.05. The van der Waals surface area contributed by atoms with Crippen LogP contribution in [0.25, 0.3) is 21.3 Å². The zero-order valence-corrected chi connectivity index (χ0v) is 17.7. The number of nitrogens with zero attached hydrogens (tertiary/aromatic N) is 3. The number of aromatic nitrogens is 2. The highest BCUT2D eigenvalue weighted by atomic mass is 79.9. The lowest BCUT2D eigenvalue weighted by atomic mass is 10.1. The van der Waals surface area contributed by atoms with Gasteiger partial charge in [0, 0.05) is 42.7 Å². The molecule has 5 nitrogen and oxygen atoms in total. The topological polar surface area (TPSA) is 47.5 Å². The van der Waals surface area contributed by atoms with E-state index in [9.17, 15) is 0 Å². The van der Waals surface area contributed by atoms with Gasteiger partial charge in [0.1, 0.15) is 10.6 Å². The fourth-order valence-corrected chi connectivity index (χ4v) is 4.12. The molecule has 8 heteroatoms. The van der Waals surface area contributed by atoms with Gasteiger partial charge in [0.05, 0.1) is 18.6 Å². The Bertz CT molecular complexity index is 865. The first-order chi connectivity index (χ1) is 12.6. The molecule has 1 aromatic carbocycles. The lowest BCUT2D eigenvalue weighted by Crippen LogP contribution is -2.31. The lowest BCUT2D eigenvalue weighted by Gasteiger charge is -2.24. The molecule has 0 atom stereocenters. The number of hydrogen-bond acceptors (Lipinski definition) is 6. The van der Waals surface area contributed by atoms with Gasteiger partial charge in [-0.15, -0.1) is 11.3 Å². The Morgan fingerprint density at radius 3 is 2.35 bits per heavy atom. The summed E-state index contributed by atoms with van der Waals surface area (Å²) in [6.07, 6.45) is 0. The molecule has 3 rings (SSSR count). The molecular weight excluding hydrogens is 438 g/mol. The van der Waals surface area contributed by atoms with Crippen molar-refractivity contribution in [3.05, 3.63) is 39.4 Å². The fraction of sp³-hybridized carbons (Fsp3) is 0.333. The molecule has 0 aliphatic carbocycles. The summed E-state index contributed by atoms with van der Waals surface area (Å²) >= 11 is 11.3. The third-order valence-corrected chi connectivity index (χ3v) is 5.54. The van der Waals surface area contributed by atoms with Gasteiger partial charge in [0.25, 0.3) is 0 Å². The number of anilines is 1. The molecule has 0 amide bonds. The lowest BCUT2D eigenvalue weighted by molar-refractivity contribution is 0.190. The number of benzene rings is 1. The molecule has 26 heavy (non-hydrogen) atoms. The molecule has 2 aromatic heterocycles. The Labute approximate surface area is 170 Å². The summed E-state index contributed by atoms with van der Waals surface area (Å²) in [4.78, 5) is 12.0. The molecule has 0 bridgehead atoms. The van der Waals surface area contributed by atoms with Gasteiger partial charge in [-0.1, -0.05) is 28.1 Å². The quantitative estimate of drug-likeness (QED) is 0.452. The molecule has 0 unspecified atom stereocenters. The van der Waals surface area contributed by atoms with Gasteiger partial charge in [0.15, 0.2) is 0 Å². The van der Waals surface area contributed by atoms with Crippen LogP contribution in [0.3, 0.4) is 0 Å². The molecule has 0 spiro atoms. The van der Waals surface area contributed by atoms with Crippen LogP contribution in [-0.4, -0.2) is 50.5 Å². The minimum absolute atomic E-state index is 0.247. The van der Waals surface area contributed by atoms with Gasteiger partial charge in [-0.2, -0.15) is 4.98 Å². The second-order valence-electron chi connectivity index (χ2n) is 5.63. The van der Waals surface area contributed by atoms with Gasteiger partial charge >= 0.3 is 0 Å². The average molecular weight is 457 g/mol. The standard InChI is InChI=1S/C18H19BrClN3O2S/c1-24-9-7-23(8-10-25-2)16-15-14(12-3-5-13(19)6-4-12)11-26-17(15)22-18(20)21-16/h3-6,11H,7-10H2,1-2H3. The van der Waals surface area contributed by atoms with E-state index in [2.05, 4.69) is 48.3 Å². The van der Waals surface area contributed by atoms with E-state index < -0.39 is 0 Å². The Balaban J connectivity index is 2.12. The molecule has 0 N–H and O–H groups in total. The van der Waals surface area contributed by atoms with Gasteiger partial charge in [-0.05, 0) is 29.3 Å². The first kappa shape index (κ1) is 19.5. The Morgan fingerprint density at radius 1 is 1.08 bits per heavy atom. The number of rotatable bonds is 8. The summed E-state index contributed by atoms with van der Waals surface area (Å²) in [5.41, 5.74) is 2.22. The van der Waals surface area contributed by atoms with Crippen molar-refractivity contribution in [3.8, 4) is 11.1 Å². The maximum Gasteiger partial charge on any atom is 0.225 e. The zero-order chi connectivity index (χ0) is 18.5. The van der Waals surface area contributed by atoms with E-state index in [0.29, 0.717) is 26.3 Å². The van der Waals surface area contributed by atoms with E-state index in [4.69, 9.17) is 21.1 Å². The number of fused-ring (bicyclic) bond motifs is 1. The molecule has 0 radical (unpaired) electrons. The number of ether oxygens (including phenoxy) is 2. The van der Waals surface area contributed by atoms with Crippen LogP contribution in [-0.2, 0) is 9.47 Å². The summed E-state index contributed by atoms with van der Waals surface area (Å²) in [6, 6.07) is 8.23. The van der Waals surface area contributed by atoms with Crippen LogP contribution in [0.2, 0.25) is 5.28 Å². The van der Waals surface area contributed by atoms with Gasteiger partial charge in [-0.3, -0.25) is 0 Å². The zero-order valence-electron chi connectivity index (χ0n) is 14.5. The van der Waals surface area contributed by atoms with E-state index in [1.54, 1.807) is 25.6 Å². The SMILES string of the molecule is COCCN(CCOC)c1nc(Cl)nc2scc(-c3ccc(Br)cc3)c12. The Morgan fingerprint density at radius 2 is 1.73 bits per heavy atom. The van der Waals surface area contributed by atoms with Crippen molar-refractivity contribution in [2.75, 3.05) is 45.4 Å². The Kier molecular flexibility index (Phi) is 6.83.